The highest BCUT2D eigenvalue weighted by molar-refractivity contribution is 5.26. The van der Waals surface area contributed by atoms with E-state index in [2.05, 4.69) is 33.8 Å². The van der Waals surface area contributed by atoms with Crippen LogP contribution in [0, 0.1) is 40.4 Å². The summed E-state index contributed by atoms with van der Waals surface area (Å²) in [6, 6.07) is 0. The fourth-order valence-electron chi connectivity index (χ4n) is 8.30. The van der Waals surface area contributed by atoms with Gasteiger partial charge in [-0.3, -0.25) is 0 Å². The van der Waals surface area contributed by atoms with Crippen LogP contribution in [0.5, 0.6) is 0 Å². The van der Waals surface area contributed by atoms with Gasteiger partial charge in [0.2, 0.25) is 0 Å². The summed E-state index contributed by atoms with van der Waals surface area (Å²) in [6.07, 6.45) is 14.3. The monoisotopic (exact) mass is 374 g/mol. The zero-order valence-corrected chi connectivity index (χ0v) is 18.6. The number of hydrogen-bond acceptors (Lipinski definition) is 2. The van der Waals surface area contributed by atoms with Crippen molar-refractivity contribution in [3.05, 3.63) is 11.6 Å². The van der Waals surface area contributed by atoms with Gasteiger partial charge in [0, 0.05) is 27.1 Å². The minimum atomic E-state index is -0.379. The van der Waals surface area contributed by atoms with E-state index in [4.69, 9.17) is 9.47 Å². The zero-order valence-electron chi connectivity index (χ0n) is 18.6. The molecule has 4 unspecified atom stereocenters. The molecular formula is C25H42O2. The molecule has 27 heavy (non-hydrogen) atoms. The highest BCUT2D eigenvalue weighted by Gasteiger charge is 2.60. The summed E-state index contributed by atoms with van der Waals surface area (Å²) < 4.78 is 11.7. The van der Waals surface area contributed by atoms with Crippen LogP contribution < -0.4 is 0 Å². The van der Waals surface area contributed by atoms with Gasteiger partial charge in [-0.25, -0.2) is 0 Å². The number of allylic oxidation sites excluding steroid dienone is 1. The van der Waals surface area contributed by atoms with Crippen molar-refractivity contribution in [2.24, 2.45) is 40.4 Å². The van der Waals surface area contributed by atoms with Crippen molar-refractivity contribution >= 4 is 0 Å². The average molecular weight is 375 g/mol. The molecule has 0 radical (unpaired) electrons. The molecule has 4 aliphatic carbocycles. The van der Waals surface area contributed by atoms with Gasteiger partial charge >= 0.3 is 0 Å². The van der Waals surface area contributed by atoms with E-state index in [1.165, 1.54) is 44.9 Å². The van der Waals surface area contributed by atoms with Crippen LogP contribution in [0.1, 0.15) is 85.5 Å². The van der Waals surface area contributed by atoms with Gasteiger partial charge in [-0.15, -0.1) is 0 Å². The van der Waals surface area contributed by atoms with Gasteiger partial charge in [-0.2, -0.15) is 0 Å². The molecule has 0 spiro atoms. The lowest BCUT2D eigenvalue weighted by Gasteiger charge is -2.59. The molecule has 0 bridgehead atoms. The van der Waals surface area contributed by atoms with Crippen LogP contribution in [0.15, 0.2) is 11.6 Å². The number of ether oxygens (including phenoxy) is 2. The Bertz CT molecular complexity index is 591. The number of methoxy groups -OCH3 is 2. The van der Waals surface area contributed by atoms with Gasteiger partial charge in [-0.05, 0) is 78.9 Å². The van der Waals surface area contributed by atoms with Crippen LogP contribution in [0.3, 0.4) is 0 Å². The van der Waals surface area contributed by atoms with E-state index in [0.29, 0.717) is 10.8 Å². The van der Waals surface area contributed by atoms with Crippen LogP contribution in [-0.4, -0.2) is 20.0 Å². The molecule has 0 aromatic rings. The first-order chi connectivity index (χ1) is 12.8. The van der Waals surface area contributed by atoms with Crippen LogP contribution >= 0.6 is 0 Å². The molecular weight excluding hydrogens is 332 g/mol. The van der Waals surface area contributed by atoms with Gasteiger partial charge in [0.15, 0.2) is 5.79 Å². The Morgan fingerprint density at radius 1 is 1.04 bits per heavy atom. The normalized spacial score (nSPS) is 46.8. The van der Waals surface area contributed by atoms with E-state index in [9.17, 15) is 0 Å². The van der Waals surface area contributed by atoms with E-state index in [-0.39, 0.29) is 5.79 Å². The van der Waals surface area contributed by atoms with E-state index < -0.39 is 0 Å². The number of hydrogen-bond donors (Lipinski definition) is 0. The third-order valence-corrected chi connectivity index (χ3v) is 10.3. The Morgan fingerprint density at radius 2 is 1.78 bits per heavy atom. The number of rotatable bonds is 4. The van der Waals surface area contributed by atoms with Crippen molar-refractivity contribution in [2.45, 2.75) is 91.3 Å². The summed E-state index contributed by atoms with van der Waals surface area (Å²) in [6.45, 7) is 10.2. The quantitative estimate of drug-likeness (QED) is 0.407. The third-order valence-electron chi connectivity index (χ3n) is 10.3. The predicted molar refractivity (Wildman–Crippen MR) is 111 cm³/mol. The molecule has 0 aromatic heterocycles. The molecule has 154 valence electrons. The molecule has 0 saturated heterocycles. The Morgan fingerprint density at radius 3 is 2.44 bits per heavy atom. The average Bonchev–Trinajstić information content (AvgIpc) is 3.04. The first-order valence-electron chi connectivity index (χ1n) is 11.6. The summed E-state index contributed by atoms with van der Waals surface area (Å²) in [4.78, 5) is 0. The standard InChI is InChI=1S/C25H42O2/c1-7-17(2)20-10-11-21-19-9-8-18-16-25(26-5,27-6)15-14-23(18,3)22(19)12-13-24(20,21)4/h8,17,19-22H,7,9-16H2,1-6H3/t17?,19?,20-,21?,22?,23+,24-/m1/s1. The third kappa shape index (κ3) is 2.80. The Hall–Kier alpha value is -0.340. The van der Waals surface area contributed by atoms with Crippen molar-refractivity contribution in [1.29, 1.82) is 0 Å². The second-order valence-electron chi connectivity index (χ2n) is 10.9. The Balaban J connectivity index is 1.61. The van der Waals surface area contributed by atoms with Crippen LogP contribution in [-0.2, 0) is 9.47 Å². The van der Waals surface area contributed by atoms with Gasteiger partial charge in [0.1, 0.15) is 0 Å². The maximum atomic E-state index is 5.83. The largest absolute Gasteiger partial charge is 0.353 e. The van der Waals surface area contributed by atoms with Crippen molar-refractivity contribution in [3.63, 3.8) is 0 Å². The summed E-state index contributed by atoms with van der Waals surface area (Å²) in [5.74, 6) is 4.19. The fourth-order valence-corrected chi connectivity index (χ4v) is 8.30. The van der Waals surface area contributed by atoms with Gasteiger partial charge in [0.05, 0.1) is 0 Å². The summed E-state index contributed by atoms with van der Waals surface area (Å²) in [7, 11) is 3.63. The first-order valence-corrected chi connectivity index (χ1v) is 11.6. The molecule has 4 rings (SSSR count). The second kappa shape index (κ2) is 6.87. The number of fused-ring (bicyclic) bond motifs is 5. The van der Waals surface area contributed by atoms with E-state index in [0.717, 1.165) is 42.4 Å². The molecule has 0 amide bonds. The minimum absolute atomic E-state index is 0.374. The van der Waals surface area contributed by atoms with Crippen LogP contribution in [0.4, 0.5) is 0 Å². The highest BCUT2D eigenvalue weighted by Crippen LogP contribution is 2.67. The lowest BCUT2D eigenvalue weighted by molar-refractivity contribution is -0.227. The van der Waals surface area contributed by atoms with Gasteiger partial charge in [-0.1, -0.05) is 45.8 Å². The molecule has 3 saturated carbocycles. The Labute approximate surface area is 167 Å². The smallest absolute Gasteiger partial charge is 0.171 e. The fraction of sp³-hybridized carbons (Fsp3) is 0.920. The molecule has 0 aliphatic heterocycles. The minimum Gasteiger partial charge on any atom is -0.353 e. The van der Waals surface area contributed by atoms with Crippen molar-refractivity contribution in [2.75, 3.05) is 14.2 Å². The van der Waals surface area contributed by atoms with E-state index >= 15 is 0 Å². The Kier molecular flexibility index (Phi) is 5.08. The molecule has 4 aliphatic rings. The molecule has 0 N–H and O–H groups in total. The summed E-state index contributed by atoms with van der Waals surface area (Å²) >= 11 is 0. The van der Waals surface area contributed by atoms with Crippen LogP contribution in [0.25, 0.3) is 0 Å². The van der Waals surface area contributed by atoms with Crippen LogP contribution in [0.2, 0.25) is 0 Å². The maximum absolute atomic E-state index is 5.83. The molecule has 2 heteroatoms. The zero-order chi connectivity index (χ0) is 19.4. The lowest BCUT2D eigenvalue weighted by atomic mass is 9.46. The van der Waals surface area contributed by atoms with Crippen molar-refractivity contribution < 1.29 is 9.47 Å². The molecule has 2 nitrogen and oxygen atoms in total. The first kappa shape index (κ1) is 20.0. The topological polar surface area (TPSA) is 18.5 Å². The van der Waals surface area contributed by atoms with Crippen molar-refractivity contribution in [3.8, 4) is 0 Å². The van der Waals surface area contributed by atoms with E-state index in [1.807, 2.05) is 14.2 Å². The lowest BCUT2D eigenvalue weighted by Crippen LogP contribution is -2.53. The van der Waals surface area contributed by atoms with E-state index in [1.54, 1.807) is 5.57 Å². The highest BCUT2D eigenvalue weighted by atomic mass is 16.7. The second-order valence-corrected chi connectivity index (χ2v) is 10.9. The maximum Gasteiger partial charge on any atom is 0.171 e. The van der Waals surface area contributed by atoms with Gasteiger partial charge < -0.3 is 9.47 Å². The molecule has 0 aromatic carbocycles. The SMILES string of the molecule is CCC(C)[C@H]1CCC2C3CC=C4CC(OC)(OC)CC[C@]4(C)C3CC[C@@]21C. The van der Waals surface area contributed by atoms with Gasteiger partial charge in [0.25, 0.3) is 0 Å². The molecule has 7 atom stereocenters. The van der Waals surface area contributed by atoms with Crippen molar-refractivity contribution in [1.82, 2.24) is 0 Å². The predicted octanol–water partition coefficient (Wildman–Crippen LogP) is 6.60. The molecule has 0 heterocycles. The summed E-state index contributed by atoms with van der Waals surface area (Å²) in [5.41, 5.74) is 2.61. The molecule has 3 fully saturated rings. The summed E-state index contributed by atoms with van der Waals surface area (Å²) in [5, 5.41) is 0.